The maximum Gasteiger partial charge on any atom is 0.133 e. The molecule has 0 aromatic rings. The highest BCUT2D eigenvalue weighted by Gasteiger charge is 2.14. The molecule has 0 aliphatic heterocycles. The molecule has 0 spiro atoms. The number of Topliss-reactive ketones (excluding diaryl/α,β-unsaturated/α-hetero) is 1. The van der Waals surface area contributed by atoms with Crippen LogP contribution >= 0.6 is 0 Å². The molecular formula is C28H55N3O. The van der Waals surface area contributed by atoms with Crippen molar-refractivity contribution >= 4 is 18.2 Å². The molecule has 0 heterocycles. The second-order valence-corrected chi connectivity index (χ2v) is 9.79. The van der Waals surface area contributed by atoms with Crippen LogP contribution in [0.15, 0.2) is 9.98 Å². The zero-order chi connectivity index (χ0) is 23.7. The van der Waals surface area contributed by atoms with Crippen LogP contribution in [0, 0.1) is 5.92 Å². The van der Waals surface area contributed by atoms with E-state index >= 15 is 0 Å². The van der Waals surface area contributed by atoms with Gasteiger partial charge in [0.1, 0.15) is 5.78 Å². The minimum absolute atomic E-state index is 0.493. The number of rotatable bonds is 24. The lowest BCUT2D eigenvalue weighted by Gasteiger charge is -2.17. The van der Waals surface area contributed by atoms with Crippen LogP contribution in [-0.2, 0) is 4.79 Å². The third-order valence-corrected chi connectivity index (χ3v) is 6.33. The summed E-state index contributed by atoms with van der Waals surface area (Å²) in [6.45, 7) is 1.02. The summed E-state index contributed by atoms with van der Waals surface area (Å²) in [4.78, 5) is 22.8. The summed E-state index contributed by atoms with van der Waals surface area (Å²) < 4.78 is 0. The molecule has 0 aliphatic rings. The molecule has 0 atom stereocenters. The number of ketones is 1. The lowest BCUT2D eigenvalue weighted by atomic mass is 9.89. The molecule has 0 amide bonds. The predicted molar refractivity (Wildman–Crippen MR) is 144 cm³/mol. The Kier molecular flexibility index (Phi) is 23.8. The fourth-order valence-corrected chi connectivity index (χ4v) is 4.37. The average Bonchev–Trinajstić information content (AvgIpc) is 2.76. The first-order valence-electron chi connectivity index (χ1n) is 13.6. The molecule has 0 aromatic carbocycles. The Morgan fingerprint density at radius 2 is 1.12 bits per heavy atom. The SMILES string of the molecule is CN=CCCCCCCCCC(CCCCCCCCC=NC)CC(=O)CCCN(C)C. The molecule has 0 rings (SSSR count). The van der Waals surface area contributed by atoms with Crippen LogP contribution in [0.1, 0.15) is 122 Å². The van der Waals surface area contributed by atoms with Crippen molar-refractivity contribution in [2.45, 2.75) is 122 Å². The Labute approximate surface area is 200 Å². The Morgan fingerprint density at radius 1 is 0.688 bits per heavy atom. The fraction of sp³-hybridized carbons (Fsp3) is 0.893. The molecule has 0 unspecified atom stereocenters. The summed E-state index contributed by atoms with van der Waals surface area (Å²) in [5.74, 6) is 1.11. The standard InChI is InChI=1S/C28H55N3O/c1-29-23-17-13-9-5-7-11-15-20-27(26-28(32)22-19-25-31(3)4)21-16-12-8-6-10-14-18-24-30-2/h23-24,27H,5-22,25-26H2,1-4H3. The van der Waals surface area contributed by atoms with Crippen molar-refractivity contribution in [2.24, 2.45) is 15.9 Å². The molecule has 0 fully saturated rings. The van der Waals surface area contributed by atoms with E-state index in [4.69, 9.17) is 0 Å². The van der Waals surface area contributed by atoms with Gasteiger partial charge < -0.3 is 14.9 Å². The first kappa shape index (κ1) is 31.0. The van der Waals surface area contributed by atoms with E-state index < -0.39 is 0 Å². The maximum atomic E-state index is 12.5. The summed E-state index contributed by atoms with van der Waals surface area (Å²) in [6.07, 6.45) is 27.2. The van der Waals surface area contributed by atoms with Gasteiger partial charge in [-0.25, -0.2) is 0 Å². The van der Waals surface area contributed by atoms with Gasteiger partial charge in [0.25, 0.3) is 0 Å². The summed E-state index contributed by atoms with van der Waals surface area (Å²) >= 11 is 0. The summed E-state index contributed by atoms with van der Waals surface area (Å²) in [5, 5.41) is 0. The highest BCUT2D eigenvalue weighted by molar-refractivity contribution is 5.78. The highest BCUT2D eigenvalue weighted by Crippen LogP contribution is 2.23. The molecule has 4 nitrogen and oxygen atoms in total. The van der Waals surface area contributed by atoms with Crippen LogP contribution in [0.5, 0.6) is 0 Å². The third kappa shape index (κ3) is 23.6. The van der Waals surface area contributed by atoms with E-state index in [2.05, 4.69) is 29.0 Å². The average molecular weight is 450 g/mol. The molecule has 0 saturated carbocycles. The number of hydrogen-bond acceptors (Lipinski definition) is 4. The molecule has 0 bridgehead atoms. The minimum atomic E-state index is 0.493. The van der Waals surface area contributed by atoms with Gasteiger partial charge in [-0.15, -0.1) is 0 Å². The van der Waals surface area contributed by atoms with E-state index in [1.54, 1.807) is 0 Å². The van der Waals surface area contributed by atoms with Crippen molar-refractivity contribution in [1.29, 1.82) is 0 Å². The second-order valence-electron chi connectivity index (χ2n) is 9.79. The summed E-state index contributed by atoms with van der Waals surface area (Å²) in [6, 6.07) is 0. The van der Waals surface area contributed by atoms with Crippen LogP contribution in [0.3, 0.4) is 0 Å². The summed E-state index contributed by atoms with van der Waals surface area (Å²) in [5.41, 5.74) is 0. The Balaban J connectivity index is 4.04. The van der Waals surface area contributed by atoms with Crippen molar-refractivity contribution < 1.29 is 4.79 Å². The zero-order valence-electron chi connectivity index (χ0n) is 22.1. The predicted octanol–water partition coefficient (Wildman–Crippen LogP) is 7.55. The van der Waals surface area contributed by atoms with E-state index in [-0.39, 0.29) is 0 Å². The van der Waals surface area contributed by atoms with Crippen molar-refractivity contribution in [1.82, 2.24) is 4.90 Å². The van der Waals surface area contributed by atoms with E-state index in [1.807, 2.05) is 26.5 Å². The lowest BCUT2D eigenvalue weighted by Crippen LogP contribution is -2.15. The van der Waals surface area contributed by atoms with Crippen LogP contribution in [0.25, 0.3) is 0 Å². The van der Waals surface area contributed by atoms with Gasteiger partial charge in [-0.05, 0) is 71.1 Å². The minimum Gasteiger partial charge on any atom is -0.309 e. The van der Waals surface area contributed by atoms with Crippen molar-refractivity contribution in [3.63, 3.8) is 0 Å². The molecule has 0 N–H and O–H groups in total. The quantitative estimate of drug-likeness (QED) is 0.113. The molecule has 4 heteroatoms. The molecule has 32 heavy (non-hydrogen) atoms. The number of hydrogen-bond donors (Lipinski definition) is 0. The Morgan fingerprint density at radius 3 is 1.56 bits per heavy atom. The van der Waals surface area contributed by atoms with Crippen LogP contribution in [0.4, 0.5) is 0 Å². The normalized spacial score (nSPS) is 13.0. The van der Waals surface area contributed by atoms with Crippen LogP contribution < -0.4 is 0 Å². The van der Waals surface area contributed by atoms with E-state index in [9.17, 15) is 4.79 Å². The molecule has 188 valence electrons. The van der Waals surface area contributed by atoms with Gasteiger partial charge in [0, 0.05) is 26.9 Å². The number of aliphatic imine (C=N–C) groups is 2. The molecule has 0 aliphatic carbocycles. The monoisotopic (exact) mass is 449 g/mol. The summed E-state index contributed by atoms with van der Waals surface area (Å²) in [7, 11) is 7.88. The van der Waals surface area contributed by atoms with Gasteiger partial charge in [0.15, 0.2) is 0 Å². The van der Waals surface area contributed by atoms with Crippen molar-refractivity contribution in [2.75, 3.05) is 34.7 Å². The Hall–Kier alpha value is -1.03. The van der Waals surface area contributed by atoms with Gasteiger partial charge >= 0.3 is 0 Å². The first-order chi connectivity index (χ1) is 15.6. The topological polar surface area (TPSA) is 45.0 Å². The number of carbonyl (C=O) groups is 1. The third-order valence-electron chi connectivity index (χ3n) is 6.33. The van der Waals surface area contributed by atoms with Gasteiger partial charge in [0.05, 0.1) is 0 Å². The van der Waals surface area contributed by atoms with E-state index in [0.29, 0.717) is 11.7 Å². The van der Waals surface area contributed by atoms with Gasteiger partial charge in [-0.3, -0.25) is 4.79 Å². The lowest BCUT2D eigenvalue weighted by molar-refractivity contribution is -0.120. The smallest absolute Gasteiger partial charge is 0.133 e. The highest BCUT2D eigenvalue weighted by atomic mass is 16.1. The molecular weight excluding hydrogens is 394 g/mol. The number of nitrogens with zero attached hydrogens (tertiary/aromatic N) is 3. The number of carbonyl (C=O) groups excluding carboxylic acids is 1. The van der Waals surface area contributed by atoms with Gasteiger partial charge in [-0.2, -0.15) is 0 Å². The number of unbranched alkanes of at least 4 members (excludes halogenated alkanes) is 12. The van der Waals surface area contributed by atoms with E-state index in [1.165, 1.54) is 89.9 Å². The molecule has 0 aromatic heterocycles. The van der Waals surface area contributed by atoms with Crippen molar-refractivity contribution in [3.05, 3.63) is 0 Å². The second kappa shape index (κ2) is 24.6. The molecule has 0 radical (unpaired) electrons. The zero-order valence-corrected chi connectivity index (χ0v) is 22.1. The van der Waals surface area contributed by atoms with Crippen LogP contribution in [0.2, 0.25) is 0 Å². The van der Waals surface area contributed by atoms with Crippen LogP contribution in [-0.4, -0.2) is 57.8 Å². The van der Waals surface area contributed by atoms with Crippen molar-refractivity contribution in [3.8, 4) is 0 Å². The Bertz CT molecular complexity index is 432. The van der Waals surface area contributed by atoms with Gasteiger partial charge in [-0.1, -0.05) is 77.0 Å². The largest absolute Gasteiger partial charge is 0.309 e. The molecule has 0 saturated heterocycles. The first-order valence-corrected chi connectivity index (χ1v) is 13.6. The fourth-order valence-electron chi connectivity index (χ4n) is 4.37. The maximum absolute atomic E-state index is 12.5. The van der Waals surface area contributed by atoms with E-state index in [0.717, 1.165) is 38.6 Å². The van der Waals surface area contributed by atoms with Gasteiger partial charge in [0.2, 0.25) is 0 Å².